The molecule has 5 nitrogen and oxygen atoms in total. The molecule has 1 heterocycles. The van der Waals surface area contributed by atoms with E-state index in [1.165, 1.54) is 7.11 Å². The van der Waals surface area contributed by atoms with Crippen LogP contribution < -0.4 is 4.74 Å². The van der Waals surface area contributed by atoms with Gasteiger partial charge in [0.15, 0.2) is 6.10 Å². The third-order valence-corrected chi connectivity index (χ3v) is 2.74. The summed E-state index contributed by atoms with van der Waals surface area (Å²) in [5.41, 5.74) is -0.124. The number of carboxylic acids is 1. The van der Waals surface area contributed by atoms with Crippen molar-refractivity contribution in [1.82, 2.24) is 4.98 Å². The van der Waals surface area contributed by atoms with E-state index in [0.717, 1.165) is 0 Å². The van der Waals surface area contributed by atoms with Crippen molar-refractivity contribution in [1.29, 1.82) is 0 Å². The molecular formula is C12H17NO4. The van der Waals surface area contributed by atoms with Gasteiger partial charge in [-0.25, -0.2) is 4.79 Å². The predicted molar refractivity (Wildman–Crippen MR) is 62.2 cm³/mol. The summed E-state index contributed by atoms with van der Waals surface area (Å²) in [5.74, 6) is -0.370. The largest absolute Gasteiger partial charge is 0.497 e. The van der Waals surface area contributed by atoms with Crippen LogP contribution in [0.2, 0.25) is 0 Å². The molecule has 17 heavy (non-hydrogen) atoms. The minimum Gasteiger partial charge on any atom is -0.497 e. The Morgan fingerprint density at radius 2 is 2.12 bits per heavy atom. The van der Waals surface area contributed by atoms with Gasteiger partial charge in [-0.2, -0.15) is 0 Å². The molecule has 0 aromatic carbocycles. The molecule has 0 saturated heterocycles. The second-order valence-corrected chi connectivity index (χ2v) is 4.26. The van der Waals surface area contributed by atoms with Crippen molar-refractivity contribution in [3.8, 4) is 5.75 Å². The van der Waals surface area contributed by atoms with Gasteiger partial charge >= 0.3 is 5.97 Å². The van der Waals surface area contributed by atoms with E-state index in [2.05, 4.69) is 4.98 Å². The summed E-state index contributed by atoms with van der Waals surface area (Å²) >= 11 is 0. The summed E-state index contributed by atoms with van der Waals surface area (Å²) in [6.07, 6.45) is 0.631. The summed E-state index contributed by atoms with van der Waals surface area (Å²) in [6.45, 7) is 3.55. The number of pyridine rings is 1. The fourth-order valence-corrected chi connectivity index (χ4v) is 1.73. The average molecular weight is 239 g/mol. The van der Waals surface area contributed by atoms with Crippen LogP contribution in [0.1, 0.15) is 19.5 Å². The lowest BCUT2D eigenvalue weighted by atomic mass is 9.82. The van der Waals surface area contributed by atoms with Crippen molar-refractivity contribution in [2.24, 2.45) is 0 Å². The smallest absolute Gasteiger partial charge is 0.333 e. The zero-order valence-electron chi connectivity index (χ0n) is 10.4. The molecule has 0 spiro atoms. The normalized spacial score (nSPS) is 13.2. The SMILES string of the molecule is COc1ccnc(C(C)(C)C(OC)C(=O)O)c1. The Labute approximate surface area is 100 Å². The Bertz CT molecular complexity index is 403. The Balaban J connectivity index is 3.14. The van der Waals surface area contributed by atoms with Crippen molar-refractivity contribution >= 4 is 5.97 Å². The van der Waals surface area contributed by atoms with Gasteiger partial charge in [0.2, 0.25) is 0 Å². The van der Waals surface area contributed by atoms with Gasteiger partial charge in [0, 0.05) is 24.8 Å². The van der Waals surface area contributed by atoms with Gasteiger partial charge in [-0.05, 0) is 6.07 Å². The number of methoxy groups -OCH3 is 2. The summed E-state index contributed by atoms with van der Waals surface area (Å²) in [7, 11) is 2.93. The fourth-order valence-electron chi connectivity index (χ4n) is 1.73. The van der Waals surface area contributed by atoms with Crippen molar-refractivity contribution in [3.63, 3.8) is 0 Å². The average Bonchev–Trinajstić information content (AvgIpc) is 2.29. The molecule has 0 saturated carbocycles. The molecule has 1 rings (SSSR count). The van der Waals surface area contributed by atoms with E-state index in [1.54, 1.807) is 39.3 Å². The molecule has 0 amide bonds. The molecule has 0 aliphatic heterocycles. The Kier molecular flexibility index (Phi) is 4.07. The molecule has 1 unspecified atom stereocenters. The van der Waals surface area contributed by atoms with Crippen molar-refractivity contribution < 1.29 is 19.4 Å². The highest BCUT2D eigenvalue weighted by molar-refractivity contribution is 5.74. The summed E-state index contributed by atoms with van der Waals surface area (Å²) in [4.78, 5) is 15.3. The number of carbonyl (C=O) groups is 1. The standard InChI is InChI=1S/C12H17NO4/c1-12(2,10(17-4)11(14)15)9-7-8(16-3)5-6-13-9/h5-7,10H,1-4H3,(H,14,15). The fraction of sp³-hybridized carbons (Fsp3) is 0.500. The maximum absolute atomic E-state index is 11.1. The maximum Gasteiger partial charge on any atom is 0.333 e. The molecule has 0 radical (unpaired) electrons. The molecule has 1 aromatic rings. The molecule has 0 fully saturated rings. The van der Waals surface area contributed by atoms with Gasteiger partial charge in [-0.3, -0.25) is 4.98 Å². The van der Waals surface area contributed by atoms with Crippen molar-refractivity contribution in [3.05, 3.63) is 24.0 Å². The van der Waals surface area contributed by atoms with Gasteiger partial charge in [0.1, 0.15) is 5.75 Å². The molecule has 94 valence electrons. The lowest BCUT2D eigenvalue weighted by Crippen LogP contribution is -2.42. The van der Waals surface area contributed by atoms with Crippen LogP contribution in [0.4, 0.5) is 0 Å². The highest BCUT2D eigenvalue weighted by Crippen LogP contribution is 2.29. The lowest BCUT2D eigenvalue weighted by Gasteiger charge is -2.29. The van der Waals surface area contributed by atoms with E-state index < -0.39 is 17.5 Å². The van der Waals surface area contributed by atoms with Gasteiger partial charge < -0.3 is 14.6 Å². The Hall–Kier alpha value is -1.62. The van der Waals surface area contributed by atoms with Gasteiger partial charge in [-0.1, -0.05) is 13.8 Å². The molecule has 0 aliphatic carbocycles. The van der Waals surface area contributed by atoms with Gasteiger partial charge in [-0.15, -0.1) is 0 Å². The van der Waals surface area contributed by atoms with E-state index in [-0.39, 0.29) is 0 Å². The van der Waals surface area contributed by atoms with Crippen molar-refractivity contribution in [2.75, 3.05) is 14.2 Å². The van der Waals surface area contributed by atoms with Crippen LogP contribution in [0.25, 0.3) is 0 Å². The minimum absolute atomic E-state index is 0.617. The van der Waals surface area contributed by atoms with Gasteiger partial charge in [0.25, 0.3) is 0 Å². The van der Waals surface area contributed by atoms with Crippen LogP contribution in [0.15, 0.2) is 18.3 Å². The topological polar surface area (TPSA) is 68.7 Å². The first-order chi connectivity index (χ1) is 7.93. The van der Waals surface area contributed by atoms with E-state index in [9.17, 15) is 4.79 Å². The molecule has 0 aliphatic rings. The van der Waals surface area contributed by atoms with Crippen molar-refractivity contribution in [2.45, 2.75) is 25.4 Å². The molecule has 1 aromatic heterocycles. The first-order valence-corrected chi connectivity index (χ1v) is 5.19. The molecule has 1 N–H and O–H groups in total. The molecule has 0 bridgehead atoms. The summed E-state index contributed by atoms with van der Waals surface area (Å²) in [6, 6.07) is 3.43. The molecule has 1 atom stereocenters. The maximum atomic E-state index is 11.1. The number of carboxylic acid groups (broad SMARTS) is 1. The highest BCUT2D eigenvalue weighted by atomic mass is 16.5. The third kappa shape index (κ3) is 2.74. The first kappa shape index (κ1) is 13.4. The van der Waals surface area contributed by atoms with Crippen LogP contribution in [0, 0.1) is 0 Å². The van der Waals surface area contributed by atoms with Crippen LogP contribution in [0.3, 0.4) is 0 Å². The lowest BCUT2D eigenvalue weighted by molar-refractivity contribution is -0.152. The quantitative estimate of drug-likeness (QED) is 0.842. The number of hydrogen-bond acceptors (Lipinski definition) is 4. The first-order valence-electron chi connectivity index (χ1n) is 5.19. The zero-order chi connectivity index (χ0) is 13.1. The molecule has 5 heteroatoms. The van der Waals surface area contributed by atoms with Crippen LogP contribution in [-0.2, 0) is 14.9 Å². The van der Waals surface area contributed by atoms with Crippen LogP contribution in [-0.4, -0.2) is 36.4 Å². The number of ether oxygens (including phenoxy) is 2. The second kappa shape index (κ2) is 5.14. The predicted octanol–water partition coefficient (Wildman–Crippen LogP) is 1.47. The number of nitrogens with zero attached hydrogens (tertiary/aromatic N) is 1. The minimum atomic E-state index is -1.01. The van der Waals surface area contributed by atoms with Crippen LogP contribution >= 0.6 is 0 Å². The zero-order valence-corrected chi connectivity index (χ0v) is 10.4. The van der Waals surface area contributed by atoms with Gasteiger partial charge in [0.05, 0.1) is 12.8 Å². The highest BCUT2D eigenvalue weighted by Gasteiger charge is 2.38. The Morgan fingerprint density at radius 3 is 2.59 bits per heavy atom. The summed E-state index contributed by atoms with van der Waals surface area (Å²) < 4.78 is 10.1. The monoisotopic (exact) mass is 239 g/mol. The van der Waals surface area contributed by atoms with Crippen LogP contribution in [0.5, 0.6) is 5.75 Å². The Morgan fingerprint density at radius 1 is 1.47 bits per heavy atom. The van der Waals surface area contributed by atoms with E-state index in [1.807, 2.05) is 0 Å². The third-order valence-electron chi connectivity index (χ3n) is 2.74. The number of aliphatic carboxylic acids is 1. The summed E-state index contributed by atoms with van der Waals surface area (Å²) in [5, 5.41) is 9.11. The number of aromatic nitrogens is 1. The van der Waals surface area contributed by atoms with E-state index in [0.29, 0.717) is 11.4 Å². The molecular weight excluding hydrogens is 222 g/mol. The number of hydrogen-bond donors (Lipinski definition) is 1. The second-order valence-electron chi connectivity index (χ2n) is 4.26. The number of rotatable bonds is 5. The van der Waals surface area contributed by atoms with E-state index >= 15 is 0 Å². The van der Waals surface area contributed by atoms with E-state index in [4.69, 9.17) is 14.6 Å².